The highest BCUT2D eigenvalue weighted by Crippen LogP contribution is 2.19. The van der Waals surface area contributed by atoms with Crippen LogP contribution < -0.4 is 5.32 Å². The zero-order valence-corrected chi connectivity index (χ0v) is 56.2. The summed E-state index contributed by atoms with van der Waals surface area (Å²) in [6.45, 7) is 4.98. The standard InChI is InChI=1S/C77H147NO5/c1-3-5-7-9-11-13-15-17-19-20-21-22-23-29-32-35-38-42-45-49-53-57-61-65-69-75(80)74(73-79)78-76(81)70-66-62-58-54-50-46-43-39-36-33-30-27-25-24-26-28-31-34-37-40-44-48-52-56-60-64-68-72-83-77(82)71-67-63-59-55-51-47-41-18-16-14-12-10-8-6-4-2/h18,24-25,28,31,41,74-75,79-80H,3-17,19-23,26-27,29-30,32-40,42-73H2,1-2H3,(H,78,81)/b25-24-,31-28-,41-18-. The zero-order valence-electron chi connectivity index (χ0n) is 56.2. The number of unbranched alkanes of at least 4 members (excludes halogenated alkanes) is 54. The first-order valence-corrected chi connectivity index (χ1v) is 37.7. The van der Waals surface area contributed by atoms with Gasteiger partial charge in [0.1, 0.15) is 0 Å². The number of carbonyl (C=O) groups excluding carboxylic acids is 2. The van der Waals surface area contributed by atoms with Crippen LogP contribution in [0.4, 0.5) is 0 Å². The van der Waals surface area contributed by atoms with Crippen LogP contribution in [0.2, 0.25) is 0 Å². The molecular weight excluding hydrogens is 1020 g/mol. The molecule has 2 unspecified atom stereocenters. The van der Waals surface area contributed by atoms with Crippen LogP contribution in [-0.4, -0.2) is 47.4 Å². The van der Waals surface area contributed by atoms with Crippen molar-refractivity contribution in [3.05, 3.63) is 36.5 Å². The number of aliphatic hydroxyl groups is 2. The van der Waals surface area contributed by atoms with Gasteiger partial charge < -0.3 is 20.3 Å². The van der Waals surface area contributed by atoms with Crippen molar-refractivity contribution in [3.8, 4) is 0 Å². The maximum Gasteiger partial charge on any atom is 0.305 e. The van der Waals surface area contributed by atoms with Crippen LogP contribution in [0.15, 0.2) is 36.5 Å². The Bertz CT molecular complexity index is 1340. The molecule has 1 amide bonds. The first kappa shape index (κ1) is 81.1. The van der Waals surface area contributed by atoms with Gasteiger partial charge in [-0.3, -0.25) is 9.59 Å². The predicted molar refractivity (Wildman–Crippen MR) is 366 cm³/mol. The molecule has 0 aliphatic carbocycles. The number of esters is 1. The van der Waals surface area contributed by atoms with Crippen molar-refractivity contribution in [3.63, 3.8) is 0 Å². The molecule has 6 heteroatoms. The van der Waals surface area contributed by atoms with Crippen molar-refractivity contribution in [2.75, 3.05) is 13.2 Å². The molecule has 3 N–H and O–H groups in total. The highest BCUT2D eigenvalue weighted by Gasteiger charge is 2.20. The van der Waals surface area contributed by atoms with Gasteiger partial charge in [-0.05, 0) is 83.5 Å². The molecule has 0 rings (SSSR count). The van der Waals surface area contributed by atoms with Gasteiger partial charge in [-0.25, -0.2) is 0 Å². The molecule has 0 radical (unpaired) electrons. The molecule has 0 spiro atoms. The largest absolute Gasteiger partial charge is 0.466 e. The topological polar surface area (TPSA) is 95.9 Å². The fraction of sp³-hybridized carbons (Fsp3) is 0.896. The molecule has 0 aromatic carbocycles. The van der Waals surface area contributed by atoms with Gasteiger partial charge in [0.05, 0.1) is 25.4 Å². The molecule has 0 bridgehead atoms. The van der Waals surface area contributed by atoms with E-state index in [-0.39, 0.29) is 18.5 Å². The number of aliphatic hydroxyl groups excluding tert-OH is 2. The van der Waals surface area contributed by atoms with Crippen molar-refractivity contribution in [1.29, 1.82) is 0 Å². The van der Waals surface area contributed by atoms with Crippen LogP contribution in [0.1, 0.15) is 418 Å². The van der Waals surface area contributed by atoms with E-state index in [1.807, 2.05) is 0 Å². The molecule has 0 aliphatic heterocycles. The Morgan fingerprint density at radius 1 is 0.337 bits per heavy atom. The summed E-state index contributed by atoms with van der Waals surface area (Å²) in [6.07, 6.45) is 93.5. The summed E-state index contributed by atoms with van der Waals surface area (Å²) < 4.78 is 5.49. The lowest BCUT2D eigenvalue weighted by Gasteiger charge is -2.22. The van der Waals surface area contributed by atoms with Crippen molar-refractivity contribution >= 4 is 11.9 Å². The first-order valence-electron chi connectivity index (χ1n) is 37.7. The van der Waals surface area contributed by atoms with Gasteiger partial charge in [0.25, 0.3) is 0 Å². The van der Waals surface area contributed by atoms with Gasteiger partial charge in [0, 0.05) is 12.8 Å². The highest BCUT2D eigenvalue weighted by molar-refractivity contribution is 5.76. The number of amides is 1. The fourth-order valence-corrected chi connectivity index (χ4v) is 11.9. The second kappa shape index (κ2) is 72.6. The van der Waals surface area contributed by atoms with Crippen molar-refractivity contribution < 1.29 is 24.5 Å². The number of rotatable bonds is 71. The summed E-state index contributed by atoms with van der Waals surface area (Å²) in [5, 5.41) is 23.5. The Labute approximate surface area is 519 Å². The Morgan fingerprint density at radius 3 is 0.928 bits per heavy atom. The van der Waals surface area contributed by atoms with Gasteiger partial charge >= 0.3 is 5.97 Å². The molecule has 0 saturated heterocycles. The number of hydrogen-bond donors (Lipinski definition) is 3. The monoisotopic (exact) mass is 1170 g/mol. The van der Waals surface area contributed by atoms with E-state index in [1.165, 1.54) is 334 Å². The summed E-state index contributed by atoms with van der Waals surface area (Å²) in [5.41, 5.74) is 0. The van der Waals surface area contributed by atoms with E-state index in [0.29, 0.717) is 25.9 Å². The number of nitrogens with one attached hydrogen (secondary N) is 1. The molecule has 0 aliphatic rings. The molecule has 0 aromatic rings. The van der Waals surface area contributed by atoms with Gasteiger partial charge in [0.15, 0.2) is 0 Å². The van der Waals surface area contributed by atoms with E-state index in [2.05, 4.69) is 55.6 Å². The smallest absolute Gasteiger partial charge is 0.305 e. The van der Waals surface area contributed by atoms with Crippen molar-refractivity contribution in [1.82, 2.24) is 5.32 Å². The number of allylic oxidation sites excluding steroid dienone is 6. The van der Waals surface area contributed by atoms with Crippen LogP contribution in [0.3, 0.4) is 0 Å². The lowest BCUT2D eigenvalue weighted by molar-refractivity contribution is -0.143. The van der Waals surface area contributed by atoms with E-state index in [1.54, 1.807) is 0 Å². The van der Waals surface area contributed by atoms with Gasteiger partial charge in [-0.15, -0.1) is 0 Å². The summed E-state index contributed by atoms with van der Waals surface area (Å²) >= 11 is 0. The average Bonchev–Trinajstić information content (AvgIpc) is 3.48. The SMILES string of the molecule is CCCCCCCC/C=C\CCCCCCCC(=O)OCCCCCCCCCCC/C=C\C/C=C\CCCCCCCCCCCCCC(=O)NC(CO)C(O)CCCCCCCCCCCCCCCCCCCCCCCCCC. The molecule has 2 atom stereocenters. The molecule has 83 heavy (non-hydrogen) atoms. The molecule has 6 nitrogen and oxygen atoms in total. The lowest BCUT2D eigenvalue weighted by Crippen LogP contribution is -2.45. The van der Waals surface area contributed by atoms with E-state index < -0.39 is 12.1 Å². The molecule has 490 valence electrons. The Kier molecular flexibility index (Phi) is 70.9. The van der Waals surface area contributed by atoms with Gasteiger partial charge in [-0.1, -0.05) is 359 Å². The summed E-state index contributed by atoms with van der Waals surface area (Å²) in [6, 6.07) is -0.546. The third kappa shape index (κ3) is 69.1. The van der Waals surface area contributed by atoms with Crippen molar-refractivity contribution in [2.45, 2.75) is 431 Å². The Hall–Kier alpha value is -1.92. The highest BCUT2D eigenvalue weighted by atomic mass is 16.5. The minimum Gasteiger partial charge on any atom is -0.466 e. The third-order valence-corrected chi connectivity index (χ3v) is 17.7. The number of hydrogen-bond acceptors (Lipinski definition) is 5. The molecule has 0 saturated carbocycles. The normalized spacial score (nSPS) is 12.7. The molecular formula is C77H147NO5. The maximum absolute atomic E-state index is 12.6. The van der Waals surface area contributed by atoms with Crippen LogP contribution in [0.5, 0.6) is 0 Å². The fourth-order valence-electron chi connectivity index (χ4n) is 11.9. The van der Waals surface area contributed by atoms with E-state index in [9.17, 15) is 19.8 Å². The van der Waals surface area contributed by atoms with Gasteiger partial charge in [-0.2, -0.15) is 0 Å². The molecule has 0 heterocycles. The average molecular weight is 1170 g/mol. The lowest BCUT2D eigenvalue weighted by atomic mass is 10.0. The minimum atomic E-state index is -0.669. The van der Waals surface area contributed by atoms with Crippen LogP contribution >= 0.6 is 0 Å². The van der Waals surface area contributed by atoms with E-state index in [4.69, 9.17) is 4.74 Å². The second-order valence-electron chi connectivity index (χ2n) is 26.0. The van der Waals surface area contributed by atoms with E-state index in [0.717, 1.165) is 51.4 Å². The third-order valence-electron chi connectivity index (χ3n) is 17.7. The predicted octanol–water partition coefficient (Wildman–Crippen LogP) is 24.7. The minimum absolute atomic E-state index is 0.00345. The quantitative estimate of drug-likeness (QED) is 0.0320. The summed E-state index contributed by atoms with van der Waals surface area (Å²) in [7, 11) is 0. The molecule has 0 aromatic heterocycles. The van der Waals surface area contributed by atoms with E-state index >= 15 is 0 Å². The van der Waals surface area contributed by atoms with Crippen LogP contribution in [0, 0.1) is 0 Å². The Morgan fingerprint density at radius 2 is 0.602 bits per heavy atom. The zero-order chi connectivity index (χ0) is 59.9. The number of carbonyl (C=O) groups is 2. The molecule has 0 fully saturated rings. The summed E-state index contributed by atoms with van der Waals surface area (Å²) in [4.78, 5) is 24.6. The summed E-state index contributed by atoms with van der Waals surface area (Å²) in [5.74, 6) is -0.0300. The second-order valence-corrected chi connectivity index (χ2v) is 26.0. The maximum atomic E-state index is 12.6. The Balaban J connectivity index is 3.42. The van der Waals surface area contributed by atoms with Crippen LogP contribution in [0.25, 0.3) is 0 Å². The van der Waals surface area contributed by atoms with Gasteiger partial charge in [0.2, 0.25) is 5.91 Å². The van der Waals surface area contributed by atoms with Crippen LogP contribution in [-0.2, 0) is 14.3 Å². The number of ether oxygens (including phenoxy) is 1. The first-order chi connectivity index (χ1) is 41.0. The van der Waals surface area contributed by atoms with Crippen molar-refractivity contribution in [2.24, 2.45) is 0 Å².